The van der Waals surface area contributed by atoms with Gasteiger partial charge in [0.15, 0.2) is 17.1 Å². The first-order valence-corrected chi connectivity index (χ1v) is 11.9. The zero-order valence-corrected chi connectivity index (χ0v) is 19.9. The minimum absolute atomic E-state index is 0.131. The van der Waals surface area contributed by atoms with E-state index in [-0.39, 0.29) is 11.7 Å². The maximum Gasteiger partial charge on any atom is 0.257 e. The highest BCUT2D eigenvalue weighted by Crippen LogP contribution is 2.29. The van der Waals surface area contributed by atoms with Crippen molar-refractivity contribution in [2.24, 2.45) is 5.10 Å². The normalized spacial score (nSPS) is 11.1. The average Bonchev–Trinajstić information content (AvgIpc) is 3.27. The van der Waals surface area contributed by atoms with Crippen molar-refractivity contribution in [3.63, 3.8) is 0 Å². The maximum atomic E-state index is 12.1. The molecule has 0 fully saturated rings. The summed E-state index contributed by atoms with van der Waals surface area (Å²) in [5.74, 6) is 1.08. The second-order valence-corrected chi connectivity index (χ2v) is 8.45. The second-order valence-electron chi connectivity index (χ2n) is 7.08. The number of rotatable bonds is 10. The van der Waals surface area contributed by atoms with E-state index in [0.29, 0.717) is 40.5 Å². The fraction of sp³-hybridized carbons (Fsp3) is 0.160. The molecule has 0 unspecified atom stereocenters. The van der Waals surface area contributed by atoms with Crippen LogP contribution in [-0.4, -0.2) is 29.5 Å². The van der Waals surface area contributed by atoms with Crippen molar-refractivity contribution in [2.45, 2.75) is 18.8 Å². The fourth-order valence-electron chi connectivity index (χ4n) is 2.99. The minimum Gasteiger partial charge on any atom is -0.490 e. The molecule has 7 nitrogen and oxygen atoms in total. The van der Waals surface area contributed by atoms with Crippen molar-refractivity contribution in [3.05, 3.63) is 82.9 Å². The molecular weight excluding hydrogens is 474 g/mol. The summed E-state index contributed by atoms with van der Waals surface area (Å²) in [4.78, 5) is 16.5. The molecule has 1 N–H and O–H groups in total. The van der Waals surface area contributed by atoms with E-state index < -0.39 is 0 Å². The number of benzene rings is 3. The van der Waals surface area contributed by atoms with Crippen molar-refractivity contribution < 1.29 is 18.7 Å². The van der Waals surface area contributed by atoms with Gasteiger partial charge < -0.3 is 13.9 Å². The molecule has 4 aromatic rings. The van der Waals surface area contributed by atoms with Gasteiger partial charge in [-0.3, -0.25) is 4.79 Å². The van der Waals surface area contributed by atoms with Gasteiger partial charge in [-0.25, -0.2) is 10.4 Å². The molecule has 0 aliphatic carbocycles. The SMILES string of the molecule is CCOc1cc(/C=N/NC(=O)CSc2nc3ccccc3o2)ccc1OCc1ccc(Cl)cc1. The zero-order valence-electron chi connectivity index (χ0n) is 18.4. The summed E-state index contributed by atoms with van der Waals surface area (Å²) in [5.41, 5.74) is 5.71. The van der Waals surface area contributed by atoms with Crippen LogP contribution in [0.15, 0.2) is 81.5 Å². The Kier molecular flexibility index (Phi) is 8.06. The Morgan fingerprint density at radius 3 is 2.74 bits per heavy atom. The van der Waals surface area contributed by atoms with E-state index in [1.54, 1.807) is 6.21 Å². The van der Waals surface area contributed by atoms with E-state index in [1.165, 1.54) is 11.8 Å². The molecule has 0 aliphatic rings. The summed E-state index contributed by atoms with van der Waals surface area (Å²) in [6.45, 7) is 2.78. The summed E-state index contributed by atoms with van der Waals surface area (Å²) < 4.78 is 17.2. The van der Waals surface area contributed by atoms with Gasteiger partial charge in [0, 0.05) is 5.02 Å². The predicted octanol–water partition coefficient (Wildman–Crippen LogP) is 5.70. The molecule has 0 bridgehead atoms. The van der Waals surface area contributed by atoms with Crippen LogP contribution in [-0.2, 0) is 11.4 Å². The van der Waals surface area contributed by atoms with E-state index >= 15 is 0 Å². The van der Waals surface area contributed by atoms with Gasteiger partial charge in [-0.1, -0.05) is 47.6 Å². The Morgan fingerprint density at radius 1 is 1.12 bits per heavy atom. The lowest BCUT2D eigenvalue weighted by Crippen LogP contribution is -2.19. The van der Waals surface area contributed by atoms with Crippen LogP contribution < -0.4 is 14.9 Å². The number of aromatic nitrogens is 1. The number of carbonyl (C=O) groups is 1. The van der Waals surface area contributed by atoms with E-state index in [9.17, 15) is 4.79 Å². The number of para-hydroxylation sites is 2. The number of halogens is 1. The Hall–Kier alpha value is -3.49. The lowest BCUT2D eigenvalue weighted by Gasteiger charge is -2.12. The Bertz CT molecular complexity index is 1260. The molecule has 0 saturated heterocycles. The van der Waals surface area contributed by atoms with Gasteiger partial charge in [-0.15, -0.1) is 0 Å². The van der Waals surface area contributed by atoms with Crippen LogP contribution in [0.3, 0.4) is 0 Å². The van der Waals surface area contributed by atoms with Crippen LogP contribution in [0.4, 0.5) is 0 Å². The van der Waals surface area contributed by atoms with Crippen LogP contribution >= 0.6 is 23.4 Å². The molecule has 0 aliphatic heterocycles. The number of hydrogen-bond acceptors (Lipinski definition) is 7. The third-order valence-corrected chi connectivity index (χ3v) is 5.66. The summed E-state index contributed by atoms with van der Waals surface area (Å²) in [6, 6.07) is 20.4. The number of amides is 1. The average molecular weight is 496 g/mol. The number of nitrogens with zero attached hydrogens (tertiary/aromatic N) is 2. The van der Waals surface area contributed by atoms with Crippen molar-refractivity contribution in [2.75, 3.05) is 12.4 Å². The van der Waals surface area contributed by atoms with Gasteiger partial charge in [0.2, 0.25) is 0 Å². The highest BCUT2D eigenvalue weighted by atomic mass is 35.5. The van der Waals surface area contributed by atoms with Crippen LogP contribution in [0.5, 0.6) is 11.5 Å². The molecular formula is C25H22ClN3O4S. The Labute approximate surface area is 206 Å². The van der Waals surface area contributed by atoms with Gasteiger partial charge in [0.1, 0.15) is 12.1 Å². The van der Waals surface area contributed by atoms with Crippen LogP contribution in [0.25, 0.3) is 11.1 Å². The van der Waals surface area contributed by atoms with E-state index in [4.69, 9.17) is 25.5 Å². The lowest BCUT2D eigenvalue weighted by molar-refractivity contribution is -0.118. The smallest absolute Gasteiger partial charge is 0.257 e. The molecule has 1 amide bonds. The topological polar surface area (TPSA) is 86.0 Å². The number of hydrogen-bond donors (Lipinski definition) is 1. The largest absolute Gasteiger partial charge is 0.490 e. The molecule has 4 rings (SSSR count). The van der Waals surface area contributed by atoms with Gasteiger partial charge in [0.05, 0.1) is 18.6 Å². The minimum atomic E-state index is -0.267. The lowest BCUT2D eigenvalue weighted by atomic mass is 10.2. The van der Waals surface area contributed by atoms with Crippen molar-refractivity contribution in [3.8, 4) is 11.5 Å². The first kappa shape index (κ1) is 23.7. The molecule has 174 valence electrons. The number of fused-ring (bicyclic) bond motifs is 1. The van der Waals surface area contributed by atoms with E-state index in [0.717, 1.165) is 16.6 Å². The third kappa shape index (κ3) is 6.52. The van der Waals surface area contributed by atoms with E-state index in [2.05, 4.69) is 15.5 Å². The summed E-state index contributed by atoms with van der Waals surface area (Å²) in [5, 5.41) is 5.15. The quantitative estimate of drug-likeness (QED) is 0.172. The van der Waals surface area contributed by atoms with E-state index in [1.807, 2.05) is 73.7 Å². The second kappa shape index (κ2) is 11.6. The molecule has 0 saturated carbocycles. The number of nitrogens with one attached hydrogen (secondary N) is 1. The van der Waals surface area contributed by atoms with Crippen LogP contribution in [0.1, 0.15) is 18.1 Å². The molecule has 0 atom stereocenters. The van der Waals surface area contributed by atoms with Crippen molar-refractivity contribution in [1.82, 2.24) is 10.4 Å². The third-order valence-electron chi connectivity index (χ3n) is 4.58. The number of hydrazone groups is 1. The van der Waals surface area contributed by atoms with Gasteiger partial charge >= 0.3 is 0 Å². The Balaban J connectivity index is 1.31. The highest BCUT2D eigenvalue weighted by molar-refractivity contribution is 7.99. The summed E-state index contributed by atoms with van der Waals surface area (Å²) in [6.07, 6.45) is 1.55. The predicted molar refractivity (Wildman–Crippen MR) is 134 cm³/mol. The van der Waals surface area contributed by atoms with Gasteiger partial charge in [-0.2, -0.15) is 5.10 Å². The van der Waals surface area contributed by atoms with Gasteiger partial charge in [0.25, 0.3) is 11.1 Å². The van der Waals surface area contributed by atoms with Crippen molar-refractivity contribution >= 4 is 46.6 Å². The highest BCUT2D eigenvalue weighted by Gasteiger charge is 2.09. The monoisotopic (exact) mass is 495 g/mol. The molecule has 34 heavy (non-hydrogen) atoms. The number of carbonyl (C=O) groups excluding carboxylic acids is 1. The number of ether oxygens (including phenoxy) is 2. The fourth-order valence-corrected chi connectivity index (χ4v) is 3.74. The first-order valence-electron chi connectivity index (χ1n) is 10.5. The Morgan fingerprint density at radius 2 is 1.94 bits per heavy atom. The zero-order chi connectivity index (χ0) is 23.8. The molecule has 1 heterocycles. The molecule has 3 aromatic carbocycles. The van der Waals surface area contributed by atoms with Crippen LogP contribution in [0, 0.1) is 0 Å². The van der Waals surface area contributed by atoms with Crippen molar-refractivity contribution in [1.29, 1.82) is 0 Å². The number of thioether (sulfide) groups is 1. The van der Waals surface area contributed by atoms with Gasteiger partial charge in [-0.05, 0) is 60.5 Å². The molecule has 9 heteroatoms. The van der Waals surface area contributed by atoms with Crippen LogP contribution in [0.2, 0.25) is 5.02 Å². The maximum absolute atomic E-state index is 12.1. The summed E-state index contributed by atoms with van der Waals surface area (Å²) in [7, 11) is 0. The molecule has 0 radical (unpaired) electrons. The molecule has 1 aromatic heterocycles. The first-order chi connectivity index (χ1) is 16.6. The standard InChI is InChI=1S/C25H22ClN3O4S/c1-2-31-23-13-18(9-12-22(23)32-15-17-7-10-19(26)11-8-17)14-27-29-24(30)16-34-25-28-20-5-3-4-6-21(20)33-25/h3-14H,2,15-16H2,1H3,(H,29,30)/b27-14+. The summed E-state index contributed by atoms with van der Waals surface area (Å²) >= 11 is 7.14. The number of oxazole rings is 1. The molecule has 0 spiro atoms.